The van der Waals surface area contributed by atoms with Gasteiger partial charge in [0.1, 0.15) is 11.8 Å². The maximum absolute atomic E-state index is 12.1. The maximum atomic E-state index is 12.1. The van der Waals surface area contributed by atoms with Crippen molar-refractivity contribution in [2.24, 2.45) is 7.05 Å². The summed E-state index contributed by atoms with van der Waals surface area (Å²) in [4.78, 5) is 14.4. The van der Waals surface area contributed by atoms with E-state index in [1.165, 1.54) is 0 Å². The molecular weight excluding hydrogens is 244 g/mol. The number of likely N-dealkylation sites (N-methyl/N-ethyl adjacent to an activating group) is 1. The van der Waals surface area contributed by atoms with Crippen molar-refractivity contribution in [1.29, 1.82) is 0 Å². The van der Waals surface area contributed by atoms with Crippen molar-refractivity contribution in [1.82, 2.24) is 9.47 Å². The second kappa shape index (κ2) is 4.65. The summed E-state index contributed by atoms with van der Waals surface area (Å²) in [7, 11) is 3.89. The summed E-state index contributed by atoms with van der Waals surface area (Å²) < 4.78 is 7.42. The molecule has 0 saturated carbocycles. The number of carbonyl (C=O) groups is 1. The first-order chi connectivity index (χ1) is 9.06. The molecule has 2 bridgehead atoms. The Balaban J connectivity index is 1.71. The molecule has 104 valence electrons. The number of aliphatic hydroxyl groups excluding tert-OH is 1. The molecule has 0 amide bonds. The number of esters is 1. The molecule has 2 saturated heterocycles. The molecule has 1 aromatic rings. The predicted octanol–water partition coefficient (Wildman–Crippen LogP) is 0.778. The van der Waals surface area contributed by atoms with E-state index < -0.39 is 0 Å². The van der Waals surface area contributed by atoms with E-state index in [-0.39, 0.29) is 24.2 Å². The highest BCUT2D eigenvalue weighted by molar-refractivity contribution is 5.87. The largest absolute Gasteiger partial charge is 0.456 e. The molecule has 5 nitrogen and oxygen atoms in total. The lowest BCUT2D eigenvalue weighted by atomic mass is 10.0. The van der Waals surface area contributed by atoms with Gasteiger partial charge in [-0.2, -0.15) is 0 Å². The van der Waals surface area contributed by atoms with Crippen LogP contribution in [0.1, 0.15) is 29.8 Å². The average molecular weight is 264 g/mol. The van der Waals surface area contributed by atoms with E-state index >= 15 is 0 Å². The Labute approximate surface area is 112 Å². The number of rotatable bonds is 2. The van der Waals surface area contributed by atoms with Gasteiger partial charge in [0, 0.05) is 31.7 Å². The number of hydrogen-bond acceptors (Lipinski definition) is 4. The van der Waals surface area contributed by atoms with Crippen LogP contribution in [0.4, 0.5) is 0 Å². The van der Waals surface area contributed by atoms with Gasteiger partial charge in [-0.1, -0.05) is 0 Å². The van der Waals surface area contributed by atoms with Gasteiger partial charge in [-0.3, -0.25) is 4.90 Å². The summed E-state index contributed by atoms with van der Waals surface area (Å²) >= 11 is 0. The molecular formula is C14H20N2O3. The van der Waals surface area contributed by atoms with Crippen LogP contribution in [0.5, 0.6) is 0 Å². The van der Waals surface area contributed by atoms with Crippen LogP contribution in [0.3, 0.4) is 0 Å². The molecule has 2 fully saturated rings. The fourth-order valence-corrected chi connectivity index (χ4v) is 3.39. The molecule has 4 atom stereocenters. The highest BCUT2D eigenvalue weighted by Gasteiger charge is 2.46. The predicted molar refractivity (Wildman–Crippen MR) is 69.8 cm³/mol. The molecule has 0 aliphatic carbocycles. The highest BCUT2D eigenvalue weighted by Crippen LogP contribution is 2.36. The molecule has 0 radical (unpaired) electrons. The van der Waals surface area contributed by atoms with Gasteiger partial charge in [-0.25, -0.2) is 4.79 Å². The van der Waals surface area contributed by atoms with Crippen LogP contribution in [-0.2, 0) is 11.8 Å². The van der Waals surface area contributed by atoms with E-state index in [0.717, 1.165) is 12.8 Å². The van der Waals surface area contributed by atoms with Gasteiger partial charge in [0.25, 0.3) is 0 Å². The van der Waals surface area contributed by atoms with Crippen molar-refractivity contribution in [3.05, 3.63) is 24.0 Å². The smallest absolute Gasteiger partial charge is 0.355 e. The van der Waals surface area contributed by atoms with Gasteiger partial charge < -0.3 is 14.4 Å². The number of aliphatic hydroxyl groups is 1. The Bertz CT molecular complexity index is 485. The normalized spacial score (nSPS) is 34.5. The van der Waals surface area contributed by atoms with Gasteiger partial charge in [0.2, 0.25) is 0 Å². The number of aromatic nitrogens is 1. The monoisotopic (exact) mass is 264 g/mol. The summed E-state index contributed by atoms with van der Waals surface area (Å²) in [6.07, 6.45) is 3.77. The fraction of sp³-hybridized carbons (Fsp3) is 0.643. The number of hydrogen-bond donors (Lipinski definition) is 1. The van der Waals surface area contributed by atoms with Crippen molar-refractivity contribution in [3.63, 3.8) is 0 Å². The Morgan fingerprint density at radius 2 is 2.16 bits per heavy atom. The lowest BCUT2D eigenvalue weighted by molar-refractivity contribution is 0.00270. The third-order valence-electron chi connectivity index (χ3n) is 4.50. The number of piperidine rings is 1. The van der Waals surface area contributed by atoms with Crippen molar-refractivity contribution in [2.75, 3.05) is 7.05 Å². The van der Waals surface area contributed by atoms with E-state index in [0.29, 0.717) is 18.2 Å². The number of aryl methyl sites for hydroxylation is 1. The molecule has 3 heterocycles. The van der Waals surface area contributed by atoms with Crippen molar-refractivity contribution in [2.45, 2.75) is 43.6 Å². The van der Waals surface area contributed by atoms with E-state index in [1.807, 2.05) is 19.3 Å². The third-order valence-corrected chi connectivity index (χ3v) is 4.50. The van der Waals surface area contributed by atoms with Crippen molar-refractivity contribution >= 4 is 5.97 Å². The third kappa shape index (κ3) is 2.17. The number of fused-ring (bicyclic) bond motifs is 2. The van der Waals surface area contributed by atoms with E-state index in [9.17, 15) is 9.90 Å². The van der Waals surface area contributed by atoms with Crippen molar-refractivity contribution < 1.29 is 14.6 Å². The molecule has 0 spiro atoms. The molecule has 19 heavy (non-hydrogen) atoms. The van der Waals surface area contributed by atoms with Crippen LogP contribution >= 0.6 is 0 Å². The molecule has 3 rings (SSSR count). The molecule has 0 aromatic carbocycles. The Morgan fingerprint density at radius 3 is 2.84 bits per heavy atom. The van der Waals surface area contributed by atoms with Crippen LogP contribution < -0.4 is 0 Å². The minimum Gasteiger partial charge on any atom is -0.456 e. The number of carbonyl (C=O) groups excluding carboxylic acids is 1. The van der Waals surface area contributed by atoms with Crippen LogP contribution in [0.2, 0.25) is 0 Å². The number of nitrogens with zero attached hydrogens (tertiary/aromatic N) is 2. The van der Waals surface area contributed by atoms with E-state index in [2.05, 4.69) is 11.9 Å². The van der Waals surface area contributed by atoms with E-state index in [4.69, 9.17) is 4.74 Å². The summed E-state index contributed by atoms with van der Waals surface area (Å²) in [5.74, 6) is -0.270. The first-order valence-corrected chi connectivity index (χ1v) is 6.78. The first-order valence-electron chi connectivity index (χ1n) is 6.78. The zero-order chi connectivity index (χ0) is 13.6. The Kier molecular flexibility index (Phi) is 3.11. The molecule has 2 aliphatic heterocycles. The van der Waals surface area contributed by atoms with Gasteiger partial charge in [-0.15, -0.1) is 0 Å². The fourth-order valence-electron chi connectivity index (χ4n) is 3.39. The zero-order valence-corrected chi connectivity index (χ0v) is 11.3. The lowest BCUT2D eigenvalue weighted by Gasteiger charge is -2.34. The zero-order valence-electron chi connectivity index (χ0n) is 11.3. The summed E-state index contributed by atoms with van der Waals surface area (Å²) in [5, 5.41) is 9.82. The van der Waals surface area contributed by atoms with Crippen LogP contribution in [0.15, 0.2) is 18.3 Å². The van der Waals surface area contributed by atoms with Gasteiger partial charge in [0.15, 0.2) is 0 Å². The average Bonchev–Trinajstić information content (AvgIpc) is 2.83. The molecule has 1 N–H and O–H groups in total. The molecule has 1 aromatic heterocycles. The lowest BCUT2D eigenvalue weighted by Crippen LogP contribution is -2.44. The van der Waals surface area contributed by atoms with Gasteiger partial charge in [0.05, 0.1) is 6.10 Å². The second-order valence-electron chi connectivity index (χ2n) is 5.70. The molecule has 5 heteroatoms. The second-order valence-corrected chi connectivity index (χ2v) is 5.70. The van der Waals surface area contributed by atoms with Crippen LogP contribution in [0, 0.1) is 0 Å². The maximum Gasteiger partial charge on any atom is 0.355 e. The molecule has 2 aliphatic rings. The Hall–Kier alpha value is -1.33. The summed E-state index contributed by atoms with van der Waals surface area (Å²) in [5.41, 5.74) is 0.574. The van der Waals surface area contributed by atoms with Gasteiger partial charge >= 0.3 is 5.97 Å². The van der Waals surface area contributed by atoms with Crippen LogP contribution in [-0.4, -0.2) is 51.9 Å². The topological polar surface area (TPSA) is 54.7 Å². The summed E-state index contributed by atoms with van der Waals surface area (Å²) in [6, 6.07) is 4.08. The van der Waals surface area contributed by atoms with E-state index in [1.54, 1.807) is 10.6 Å². The van der Waals surface area contributed by atoms with Gasteiger partial charge in [-0.05, 0) is 32.0 Å². The molecule has 0 unspecified atom stereocenters. The number of ether oxygens (including phenoxy) is 1. The minimum absolute atomic E-state index is 0.102. The van der Waals surface area contributed by atoms with Crippen molar-refractivity contribution in [3.8, 4) is 0 Å². The summed E-state index contributed by atoms with van der Waals surface area (Å²) in [6.45, 7) is 0. The Morgan fingerprint density at radius 1 is 1.37 bits per heavy atom. The first kappa shape index (κ1) is 12.7. The standard InChI is InChI=1S/C14H20N2O3/c1-15-5-3-4-11(15)14(18)19-13-7-9-6-10(17)8-12(13)16(9)2/h3-5,9-10,12-13,17H,6-8H2,1-2H3/t9-,10+,12+,13-/m1/s1. The SMILES string of the molecule is CN1[C@@H]2C[C@H](O)C[C@H]1[C@H](OC(=O)c1cccn1C)C2. The highest BCUT2D eigenvalue weighted by atomic mass is 16.5. The van der Waals surface area contributed by atoms with Crippen LogP contribution in [0.25, 0.3) is 0 Å². The minimum atomic E-state index is -0.270. The quantitative estimate of drug-likeness (QED) is 0.802.